The highest BCUT2D eigenvalue weighted by molar-refractivity contribution is 6.53. The van der Waals surface area contributed by atoms with E-state index in [2.05, 4.69) is 10.6 Å². The lowest BCUT2D eigenvalue weighted by Crippen LogP contribution is -2.44. The molecule has 9 nitrogen and oxygen atoms in total. The number of imide groups is 1. The molecule has 4 amide bonds. The average Bonchev–Trinajstić information content (AvgIpc) is 3.52. The van der Waals surface area contributed by atoms with E-state index in [1.807, 2.05) is 0 Å². The summed E-state index contributed by atoms with van der Waals surface area (Å²) >= 11 is 31.0. The summed E-state index contributed by atoms with van der Waals surface area (Å²) in [6, 6.07) is 7.31. The number of nitrogens with zero attached hydrogens (tertiary/aromatic N) is 1. The number of hydrogen-bond acceptors (Lipinski definition) is 6. The standard InChI is InChI=1S/C33H29Cl5F3N3O6/c1-31(2,3)49-29(47)44(30(48)50-32(4,5)6)23-13-22(19(39)12-20(23)40)43-27(45)18-10-17(11-21(41)26(18)36)42-28(46)25-24(33(25,37)38)14-7-15(34)9-16(35)8-14/h7-13,24-25H,1-6H3,(H,42,46)(H,43,45)/t24-,25+/m0/s1. The predicted molar refractivity (Wildman–Crippen MR) is 186 cm³/mol. The molecule has 3 aromatic rings. The Balaban J connectivity index is 1.63. The molecule has 268 valence electrons. The number of nitrogens with one attached hydrogen (secondary N) is 2. The second-order valence-electron chi connectivity index (χ2n) is 13.2. The maximum Gasteiger partial charge on any atom is 0.424 e. The van der Waals surface area contributed by atoms with Crippen LogP contribution in [0, 0.1) is 23.4 Å². The highest BCUT2D eigenvalue weighted by atomic mass is 35.5. The first-order valence-corrected chi connectivity index (χ1v) is 16.5. The number of amides is 4. The van der Waals surface area contributed by atoms with E-state index >= 15 is 8.78 Å². The van der Waals surface area contributed by atoms with E-state index in [9.17, 15) is 23.6 Å². The van der Waals surface area contributed by atoms with E-state index in [-0.39, 0.29) is 20.6 Å². The van der Waals surface area contributed by atoms with Crippen LogP contribution in [0.25, 0.3) is 0 Å². The van der Waals surface area contributed by atoms with Gasteiger partial charge in [0.25, 0.3) is 5.91 Å². The summed E-state index contributed by atoms with van der Waals surface area (Å²) in [5.41, 5.74) is -4.23. The Bertz CT molecular complexity index is 1850. The second kappa shape index (κ2) is 14.3. The first kappa shape index (κ1) is 39.4. The van der Waals surface area contributed by atoms with Gasteiger partial charge in [0.1, 0.15) is 27.2 Å². The van der Waals surface area contributed by atoms with Gasteiger partial charge in [0.2, 0.25) is 5.91 Å². The zero-order chi connectivity index (χ0) is 37.7. The lowest BCUT2D eigenvalue weighted by atomic mass is 10.1. The number of carbonyl (C=O) groups is 4. The maximum absolute atomic E-state index is 15.2. The van der Waals surface area contributed by atoms with Crippen LogP contribution in [0.3, 0.4) is 0 Å². The summed E-state index contributed by atoms with van der Waals surface area (Å²) < 4.78 is 54.0. The number of hydrogen-bond donors (Lipinski definition) is 2. The number of carbonyl (C=O) groups excluding carboxylic acids is 4. The molecule has 1 aliphatic rings. The van der Waals surface area contributed by atoms with Crippen LogP contribution in [0.1, 0.15) is 63.4 Å². The molecule has 0 spiro atoms. The van der Waals surface area contributed by atoms with E-state index in [1.165, 1.54) is 59.7 Å². The van der Waals surface area contributed by atoms with Crippen LogP contribution in [0.2, 0.25) is 15.1 Å². The van der Waals surface area contributed by atoms with Gasteiger partial charge in [-0.1, -0.05) is 34.8 Å². The minimum absolute atomic E-state index is 0.194. The van der Waals surface area contributed by atoms with E-state index < -0.39 is 90.8 Å². The Morgan fingerprint density at radius 3 is 1.80 bits per heavy atom. The van der Waals surface area contributed by atoms with Crippen molar-refractivity contribution in [3.63, 3.8) is 0 Å². The van der Waals surface area contributed by atoms with Gasteiger partial charge in [0.05, 0.1) is 27.9 Å². The number of anilines is 3. The van der Waals surface area contributed by atoms with E-state index in [0.717, 1.165) is 12.1 Å². The fourth-order valence-electron chi connectivity index (χ4n) is 4.75. The molecule has 0 radical (unpaired) electrons. The zero-order valence-corrected chi connectivity index (χ0v) is 30.9. The van der Waals surface area contributed by atoms with Crippen LogP contribution in [-0.4, -0.2) is 39.5 Å². The maximum atomic E-state index is 15.2. The molecule has 4 rings (SSSR count). The minimum Gasteiger partial charge on any atom is -0.443 e. The lowest BCUT2D eigenvalue weighted by molar-refractivity contribution is -0.117. The molecule has 0 aromatic heterocycles. The van der Waals surface area contributed by atoms with Gasteiger partial charge in [-0.25, -0.2) is 22.8 Å². The second-order valence-corrected chi connectivity index (χ2v) is 15.9. The van der Waals surface area contributed by atoms with Gasteiger partial charge < -0.3 is 20.1 Å². The van der Waals surface area contributed by atoms with Gasteiger partial charge >= 0.3 is 12.2 Å². The largest absolute Gasteiger partial charge is 0.443 e. The summed E-state index contributed by atoms with van der Waals surface area (Å²) in [6.07, 6.45) is -2.73. The molecule has 1 saturated carbocycles. The van der Waals surface area contributed by atoms with E-state index in [0.29, 0.717) is 17.7 Å². The zero-order valence-electron chi connectivity index (χ0n) is 27.1. The topological polar surface area (TPSA) is 114 Å². The summed E-state index contributed by atoms with van der Waals surface area (Å²) in [4.78, 5) is 52.8. The number of rotatable bonds is 6. The summed E-state index contributed by atoms with van der Waals surface area (Å²) in [7, 11) is 0. The Morgan fingerprint density at radius 1 is 0.740 bits per heavy atom. The van der Waals surface area contributed by atoms with Crippen molar-refractivity contribution in [3.8, 4) is 0 Å². The molecule has 1 fully saturated rings. The third-order valence-corrected chi connectivity index (χ3v) is 8.56. The van der Waals surface area contributed by atoms with Crippen molar-refractivity contribution in [3.05, 3.63) is 86.1 Å². The van der Waals surface area contributed by atoms with Crippen LogP contribution >= 0.6 is 58.0 Å². The van der Waals surface area contributed by atoms with Gasteiger partial charge in [0.15, 0.2) is 5.82 Å². The molecule has 50 heavy (non-hydrogen) atoms. The Hall–Kier alpha value is -3.42. The third-order valence-electron chi connectivity index (χ3n) is 6.80. The summed E-state index contributed by atoms with van der Waals surface area (Å²) in [6.45, 7) is 8.94. The molecule has 3 aromatic carbocycles. The highest BCUT2D eigenvalue weighted by Crippen LogP contribution is 2.65. The normalized spacial score (nSPS) is 16.7. The smallest absolute Gasteiger partial charge is 0.424 e. The van der Waals surface area contributed by atoms with Crippen molar-refractivity contribution in [2.24, 2.45) is 5.92 Å². The molecular formula is C33H29Cl5F3N3O6. The number of alkyl halides is 2. The van der Waals surface area contributed by atoms with Crippen molar-refractivity contribution >= 4 is 99.1 Å². The Kier molecular flexibility index (Phi) is 11.3. The molecule has 0 unspecified atom stereocenters. The monoisotopic (exact) mass is 795 g/mol. The highest BCUT2D eigenvalue weighted by Gasteiger charge is 2.67. The lowest BCUT2D eigenvalue weighted by Gasteiger charge is -2.29. The molecule has 2 atom stereocenters. The van der Waals surface area contributed by atoms with Crippen molar-refractivity contribution in [2.75, 3.05) is 15.5 Å². The fourth-order valence-corrected chi connectivity index (χ4v) is 6.32. The number of halogens is 8. The van der Waals surface area contributed by atoms with Gasteiger partial charge in [-0.15, -0.1) is 23.2 Å². The first-order valence-electron chi connectivity index (χ1n) is 14.6. The van der Waals surface area contributed by atoms with Crippen LogP contribution in [0.15, 0.2) is 42.5 Å². The molecule has 0 bridgehead atoms. The van der Waals surface area contributed by atoms with Crippen molar-refractivity contribution < 1.29 is 41.8 Å². The molecule has 2 N–H and O–H groups in total. The van der Waals surface area contributed by atoms with Crippen molar-refractivity contribution in [1.29, 1.82) is 0 Å². The van der Waals surface area contributed by atoms with E-state index in [4.69, 9.17) is 67.5 Å². The van der Waals surface area contributed by atoms with Crippen LogP contribution in [0.5, 0.6) is 0 Å². The van der Waals surface area contributed by atoms with Crippen LogP contribution in [0.4, 0.5) is 39.8 Å². The van der Waals surface area contributed by atoms with Crippen LogP contribution < -0.4 is 15.5 Å². The molecule has 0 heterocycles. The quantitative estimate of drug-likeness (QED) is 0.240. The van der Waals surface area contributed by atoms with Gasteiger partial charge in [-0.3, -0.25) is 9.59 Å². The Labute approximate surface area is 310 Å². The molecule has 0 saturated heterocycles. The molecule has 1 aliphatic carbocycles. The number of ether oxygens (including phenoxy) is 2. The predicted octanol–water partition coefficient (Wildman–Crippen LogP) is 10.5. The number of benzene rings is 3. The Morgan fingerprint density at radius 2 is 1.28 bits per heavy atom. The fraction of sp³-hybridized carbons (Fsp3) is 0.333. The molecular weight excluding hydrogens is 769 g/mol. The SMILES string of the molecule is CC(C)(C)OC(=O)N(C(=O)OC(C)(C)C)c1cc(NC(=O)c2cc(NC(=O)[C@H]3[C@H](c4cc(Cl)cc(Cl)c4)C3(Cl)Cl)cc(F)c2Cl)c(F)cc1F. The molecule has 0 aliphatic heterocycles. The summed E-state index contributed by atoms with van der Waals surface area (Å²) in [5.74, 6) is -7.62. The third kappa shape index (κ3) is 9.08. The minimum atomic E-state index is -1.58. The van der Waals surface area contributed by atoms with Crippen molar-refractivity contribution in [2.45, 2.75) is 63.0 Å². The van der Waals surface area contributed by atoms with Gasteiger partial charge in [-0.05, 0) is 83.5 Å². The molecule has 17 heteroatoms. The average molecular weight is 798 g/mol. The van der Waals surface area contributed by atoms with Gasteiger partial charge in [-0.2, -0.15) is 4.90 Å². The van der Waals surface area contributed by atoms with E-state index in [1.54, 1.807) is 0 Å². The van der Waals surface area contributed by atoms with Crippen LogP contribution in [-0.2, 0) is 14.3 Å². The summed E-state index contributed by atoms with van der Waals surface area (Å²) in [5, 5.41) is 4.40. The van der Waals surface area contributed by atoms with Crippen molar-refractivity contribution in [1.82, 2.24) is 0 Å². The van der Waals surface area contributed by atoms with Gasteiger partial charge in [0, 0.05) is 27.7 Å². The first-order chi connectivity index (χ1) is 22.9.